The summed E-state index contributed by atoms with van der Waals surface area (Å²) in [4.78, 5) is 6.09. The highest BCUT2D eigenvalue weighted by molar-refractivity contribution is 8.00. The first-order valence-electron chi connectivity index (χ1n) is 9.17. The third kappa shape index (κ3) is 2.92. The van der Waals surface area contributed by atoms with E-state index in [0.29, 0.717) is 0 Å². The van der Waals surface area contributed by atoms with E-state index in [4.69, 9.17) is 9.72 Å². The molecule has 2 aromatic heterocycles. The van der Waals surface area contributed by atoms with Gasteiger partial charge in [-0.1, -0.05) is 0 Å². The number of nitrogens with zero attached hydrogens (tertiary/aromatic N) is 2. The zero-order valence-corrected chi connectivity index (χ0v) is 16.8. The monoisotopic (exact) mass is 391 g/mol. The molecule has 28 heavy (non-hydrogen) atoms. The Hall–Kier alpha value is -2.93. The van der Waals surface area contributed by atoms with E-state index in [9.17, 15) is 0 Å². The molecular weight excluding hydrogens is 370 g/mol. The molecule has 142 valence electrons. The number of fused-ring (bicyclic) bond motifs is 4. The highest BCUT2D eigenvalue weighted by atomic mass is 32.2. The lowest BCUT2D eigenvalue weighted by atomic mass is 10.1. The molecule has 6 nitrogen and oxygen atoms in total. The van der Waals surface area contributed by atoms with Crippen LogP contribution in [0.1, 0.15) is 13.8 Å². The summed E-state index contributed by atoms with van der Waals surface area (Å²) in [6.45, 7) is 5.44. The summed E-state index contributed by atoms with van der Waals surface area (Å²) in [6.07, 6.45) is 1.83. The first-order chi connectivity index (χ1) is 13.5. The van der Waals surface area contributed by atoms with Crippen molar-refractivity contribution in [1.29, 1.82) is 0 Å². The molecule has 7 heteroatoms. The van der Waals surface area contributed by atoms with E-state index in [0.717, 1.165) is 51.3 Å². The summed E-state index contributed by atoms with van der Waals surface area (Å²) in [5, 5.41) is 16.3. The molecule has 1 aliphatic heterocycles. The van der Waals surface area contributed by atoms with Gasteiger partial charge in [-0.05, 0) is 50.2 Å². The maximum Gasteiger partial charge on any atom is 0.157 e. The number of nitrogens with one attached hydrogen (secondary N) is 3. The normalized spacial score (nSPS) is 15.2. The Kier molecular flexibility index (Phi) is 3.87. The van der Waals surface area contributed by atoms with Gasteiger partial charge in [0, 0.05) is 38.3 Å². The van der Waals surface area contributed by atoms with Crippen molar-refractivity contribution in [3.8, 4) is 5.75 Å². The molecule has 0 amide bonds. The third-order valence-electron chi connectivity index (χ3n) is 4.94. The second-order valence-corrected chi connectivity index (χ2v) is 9.30. The molecule has 0 atom stereocenters. The minimum absolute atomic E-state index is 0.199. The average Bonchev–Trinajstić information content (AvgIpc) is 3.18. The number of benzene rings is 2. The highest BCUT2D eigenvalue weighted by Crippen LogP contribution is 2.42. The van der Waals surface area contributed by atoms with Crippen LogP contribution in [0.2, 0.25) is 0 Å². The Morgan fingerprint density at radius 3 is 2.89 bits per heavy atom. The number of methoxy groups -OCH3 is 1. The second kappa shape index (κ2) is 6.31. The van der Waals surface area contributed by atoms with Crippen molar-refractivity contribution in [1.82, 2.24) is 15.2 Å². The van der Waals surface area contributed by atoms with Crippen molar-refractivity contribution in [3.63, 3.8) is 0 Å². The summed E-state index contributed by atoms with van der Waals surface area (Å²) in [5.74, 6) is 1.56. The molecule has 3 heterocycles. The fourth-order valence-electron chi connectivity index (χ4n) is 3.51. The van der Waals surface area contributed by atoms with E-state index >= 15 is 0 Å². The number of pyridine rings is 1. The van der Waals surface area contributed by atoms with Gasteiger partial charge in [-0.15, -0.1) is 11.8 Å². The van der Waals surface area contributed by atoms with Crippen LogP contribution in [0.15, 0.2) is 47.5 Å². The van der Waals surface area contributed by atoms with Gasteiger partial charge < -0.3 is 15.4 Å². The van der Waals surface area contributed by atoms with Crippen molar-refractivity contribution in [2.75, 3.05) is 24.3 Å². The van der Waals surface area contributed by atoms with Crippen molar-refractivity contribution >= 4 is 50.8 Å². The van der Waals surface area contributed by atoms with Gasteiger partial charge in [-0.2, -0.15) is 5.10 Å². The van der Waals surface area contributed by atoms with Crippen LogP contribution in [0.5, 0.6) is 5.75 Å². The third-order valence-corrected chi connectivity index (χ3v) is 6.21. The Balaban J connectivity index is 1.56. The number of aromatic nitrogens is 3. The summed E-state index contributed by atoms with van der Waals surface area (Å²) in [6, 6.07) is 12.3. The molecule has 5 rings (SSSR count). The first-order valence-corrected chi connectivity index (χ1v) is 9.99. The molecule has 0 spiro atoms. The predicted octanol–water partition coefficient (Wildman–Crippen LogP) is 5.16. The predicted molar refractivity (Wildman–Crippen MR) is 116 cm³/mol. The number of thioether (sulfide) groups is 1. The molecule has 0 aliphatic carbocycles. The highest BCUT2D eigenvalue weighted by Gasteiger charge is 2.25. The average molecular weight is 392 g/mol. The van der Waals surface area contributed by atoms with Crippen LogP contribution < -0.4 is 15.4 Å². The van der Waals surface area contributed by atoms with Crippen molar-refractivity contribution in [2.24, 2.45) is 0 Å². The largest absolute Gasteiger partial charge is 0.497 e. The Bertz CT molecular complexity index is 1200. The molecular formula is C21H21N5OS. The van der Waals surface area contributed by atoms with Gasteiger partial charge in [0.1, 0.15) is 11.3 Å². The van der Waals surface area contributed by atoms with E-state index < -0.39 is 0 Å². The van der Waals surface area contributed by atoms with E-state index in [-0.39, 0.29) is 4.75 Å². The van der Waals surface area contributed by atoms with Crippen molar-refractivity contribution < 1.29 is 4.74 Å². The molecule has 0 unspecified atom stereocenters. The van der Waals surface area contributed by atoms with Crippen LogP contribution in [-0.4, -0.2) is 33.6 Å². The van der Waals surface area contributed by atoms with Gasteiger partial charge in [0.2, 0.25) is 0 Å². The number of rotatable bonds is 3. The zero-order chi connectivity index (χ0) is 19.3. The molecule has 3 N–H and O–H groups in total. The number of H-pyrrole nitrogens is 1. The maximum atomic E-state index is 5.36. The SMILES string of the molecule is COc1ccc2nc(Nc3ccc4c(c3)NCC(C)(C)S4)c3[nH]ncc3c2c1. The Morgan fingerprint density at radius 2 is 2.04 bits per heavy atom. The Morgan fingerprint density at radius 1 is 1.14 bits per heavy atom. The van der Waals surface area contributed by atoms with Gasteiger partial charge in [0.25, 0.3) is 0 Å². The summed E-state index contributed by atoms with van der Waals surface area (Å²) in [5.41, 5.74) is 3.91. The minimum atomic E-state index is 0.199. The van der Waals surface area contributed by atoms with Crippen LogP contribution in [-0.2, 0) is 0 Å². The molecule has 0 fully saturated rings. The molecule has 2 aromatic carbocycles. The number of hydrogen-bond donors (Lipinski definition) is 3. The van der Waals surface area contributed by atoms with E-state index in [1.165, 1.54) is 4.90 Å². The topological polar surface area (TPSA) is 74.9 Å². The summed E-state index contributed by atoms with van der Waals surface area (Å²) < 4.78 is 5.56. The van der Waals surface area contributed by atoms with Crippen LogP contribution in [0, 0.1) is 0 Å². The van der Waals surface area contributed by atoms with Gasteiger partial charge in [0.05, 0.1) is 18.8 Å². The standard InChI is InChI=1S/C21H21N5OS/c1-21(2)11-22-17-8-12(4-7-18(17)28-21)24-20-19-15(10-23-26-19)14-9-13(27-3)5-6-16(14)25-20/h4-10,22H,11H2,1-3H3,(H,23,26)(H,24,25). The quantitative estimate of drug-likeness (QED) is 0.448. The lowest BCUT2D eigenvalue weighted by Gasteiger charge is -2.31. The van der Waals surface area contributed by atoms with Crippen molar-refractivity contribution in [2.45, 2.75) is 23.5 Å². The summed E-state index contributed by atoms with van der Waals surface area (Å²) in [7, 11) is 1.67. The van der Waals surface area contributed by atoms with Gasteiger partial charge in [-0.3, -0.25) is 5.10 Å². The number of anilines is 3. The molecule has 0 saturated heterocycles. The molecule has 0 radical (unpaired) electrons. The number of ether oxygens (including phenoxy) is 1. The van der Waals surface area contributed by atoms with Crippen LogP contribution in [0.3, 0.4) is 0 Å². The molecule has 0 saturated carbocycles. The van der Waals surface area contributed by atoms with Crippen LogP contribution >= 0.6 is 11.8 Å². The molecule has 4 aromatic rings. The molecule has 0 bridgehead atoms. The lowest BCUT2D eigenvalue weighted by Crippen LogP contribution is -2.29. The van der Waals surface area contributed by atoms with Crippen molar-refractivity contribution in [3.05, 3.63) is 42.6 Å². The molecule has 1 aliphatic rings. The zero-order valence-electron chi connectivity index (χ0n) is 16.0. The summed E-state index contributed by atoms with van der Waals surface area (Å²) >= 11 is 1.90. The Labute approximate surface area is 167 Å². The van der Waals surface area contributed by atoms with Crippen LogP contribution in [0.4, 0.5) is 17.2 Å². The maximum absolute atomic E-state index is 5.36. The van der Waals surface area contributed by atoms with E-state index in [1.807, 2.05) is 36.2 Å². The lowest BCUT2D eigenvalue weighted by molar-refractivity contribution is 0.415. The van der Waals surface area contributed by atoms with E-state index in [1.54, 1.807) is 7.11 Å². The number of aromatic amines is 1. The van der Waals surface area contributed by atoms with Crippen LogP contribution in [0.25, 0.3) is 21.8 Å². The fourth-order valence-corrected chi connectivity index (χ4v) is 4.62. The second-order valence-electron chi connectivity index (χ2n) is 7.55. The number of hydrogen-bond acceptors (Lipinski definition) is 6. The van der Waals surface area contributed by atoms with Gasteiger partial charge in [-0.25, -0.2) is 4.98 Å². The first kappa shape index (κ1) is 17.2. The minimum Gasteiger partial charge on any atom is -0.497 e. The fraction of sp³-hybridized carbons (Fsp3) is 0.238. The van der Waals surface area contributed by atoms with E-state index in [2.05, 4.69) is 52.9 Å². The van der Waals surface area contributed by atoms with Gasteiger partial charge >= 0.3 is 0 Å². The van der Waals surface area contributed by atoms with Gasteiger partial charge in [0.15, 0.2) is 5.82 Å². The smallest absolute Gasteiger partial charge is 0.157 e.